The van der Waals surface area contributed by atoms with Gasteiger partial charge in [-0.15, -0.1) is 0 Å². The minimum atomic E-state index is -1.02. The monoisotopic (exact) mass is 191 g/mol. The van der Waals surface area contributed by atoms with E-state index in [1.807, 2.05) is 30.3 Å². The SMILES string of the molecule is Nc1ccccc1C1=CC=CS1=O. The second-order valence-corrected chi connectivity index (χ2v) is 4.05. The first-order valence-electron chi connectivity index (χ1n) is 3.93. The number of nitrogens with two attached hydrogens (primary N) is 1. The van der Waals surface area contributed by atoms with Gasteiger partial charge >= 0.3 is 0 Å². The quantitative estimate of drug-likeness (QED) is 0.689. The van der Waals surface area contributed by atoms with Crippen molar-refractivity contribution in [3.63, 3.8) is 0 Å². The molecule has 0 amide bonds. The fourth-order valence-corrected chi connectivity index (χ4v) is 2.24. The highest BCUT2D eigenvalue weighted by molar-refractivity contribution is 7.97. The molecule has 0 spiro atoms. The molecule has 0 fully saturated rings. The van der Waals surface area contributed by atoms with Crippen LogP contribution in [-0.2, 0) is 10.8 Å². The lowest BCUT2D eigenvalue weighted by Gasteiger charge is -2.04. The molecule has 1 heterocycles. The summed E-state index contributed by atoms with van der Waals surface area (Å²) < 4.78 is 11.4. The topological polar surface area (TPSA) is 43.1 Å². The van der Waals surface area contributed by atoms with Crippen molar-refractivity contribution in [2.24, 2.45) is 0 Å². The van der Waals surface area contributed by atoms with Gasteiger partial charge in [0.05, 0.1) is 15.7 Å². The van der Waals surface area contributed by atoms with E-state index in [0.717, 1.165) is 10.5 Å². The van der Waals surface area contributed by atoms with Gasteiger partial charge in [0, 0.05) is 16.7 Å². The summed E-state index contributed by atoms with van der Waals surface area (Å²) in [7, 11) is -1.02. The van der Waals surface area contributed by atoms with Gasteiger partial charge in [-0.3, -0.25) is 0 Å². The molecule has 0 aliphatic carbocycles. The van der Waals surface area contributed by atoms with Crippen molar-refractivity contribution in [3.8, 4) is 0 Å². The maximum atomic E-state index is 11.4. The van der Waals surface area contributed by atoms with Gasteiger partial charge in [0.2, 0.25) is 0 Å². The second kappa shape index (κ2) is 3.18. The highest BCUT2D eigenvalue weighted by Gasteiger charge is 2.12. The average Bonchev–Trinajstić information content (AvgIpc) is 2.52. The Morgan fingerprint density at radius 3 is 2.62 bits per heavy atom. The molecule has 2 rings (SSSR count). The number of para-hydroxylation sites is 1. The van der Waals surface area contributed by atoms with Crippen LogP contribution in [0, 0.1) is 0 Å². The lowest BCUT2D eigenvalue weighted by atomic mass is 10.1. The van der Waals surface area contributed by atoms with Crippen LogP contribution >= 0.6 is 0 Å². The van der Waals surface area contributed by atoms with Gasteiger partial charge in [-0.05, 0) is 12.1 Å². The molecule has 1 aliphatic rings. The van der Waals surface area contributed by atoms with Crippen LogP contribution in [0.5, 0.6) is 0 Å². The largest absolute Gasteiger partial charge is 0.398 e. The van der Waals surface area contributed by atoms with Crippen molar-refractivity contribution in [1.29, 1.82) is 0 Å². The summed E-state index contributed by atoms with van der Waals surface area (Å²) in [5.41, 5.74) is 7.30. The van der Waals surface area contributed by atoms with Crippen LogP contribution in [0.25, 0.3) is 4.91 Å². The van der Waals surface area contributed by atoms with E-state index in [1.165, 1.54) is 0 Å². The zero-order chi connectivity index (χ0) is 9.26. The standard InChI is InChI=1S/C10H9NOS/c11-9-5-2-1-4-8(9)10-6-3-7-13(10)12/h1-7H,11H2. The maximum absolute atomic E-state index is 11.4. The van der Waals surface area contributed by atoms with E-state index in [4.69, 9.17) is 5.73 Å². The van der Waals surface area contributed by atoms with Crippen molar-refractivity contribution in [2.45, 2.75) is 0 Å². The Kier molecular flexibility index (Phi) is 2.02. The van der Waals surface area contributed by atoms with Gasteiger partial charge in [0.1, 0.15) is 0 Å². The van der Waals surface area contributed by atoms with Crippen molar-refractivity contribution < 1.29 is 4.21 Å². The Labute approximate surface area is 79.2 Å². The normalized spacial score (nSPS) is 20.3. The van der Waals surface area contributed by atoms with Gasteiger partial charge < -0.3 is 5.73 Å². The Morgan fingerprint density at radius 2 is 2.00 bits per heavy atom. The predicted octanol–water partition coefficient (Wildman–Crippen LogP) is 1.89. The zero-order valence-electron chi connectivity index (χ0n) is 6.94. The number of nitrogen functional groups attached to an aromatic ring is 1. The molecule has 1 unspecified atom stereocenters. The third-order valence-electron chi connectivity index (χ3n) is 1.89. The number of anilines is 1. The summed E-state index contributed by atoms with van der Waals surface area (Å²) in [5, 5.41) is 1.65. The van der Waals surface area contributed by atoms with Gasteiger partial charge in [-0.2, -0.15) is 0 Å². The summed E-state index contributed by atoms with van der Waals surface area (Å²) in [6.07, 6.45) is 3.62. The molecule has 1 atom stereocenters. The van der Waals surface area contributed by atoms with Crippen LogP contribution in [0.15, 0.2) is 41.8 Å². The number of allylic oxidation sites excluding steroid dienone is 2. The molecule has 0 saturated carbocycles. The van der Waals surface area contributed by atoms with Gasteiger partial charge in [-0.25, -0.2) is 4.21 Å². The van der Waals surface area contributed by atoms with Crippen molar-refractivity contribution in [1.82, 2.24) is 0 Å². The smallest absolute Gasteiger partial charge is 0.0782 e. The predicted molar refractivity (Wildman–Crippen MR) is 56.1 cm³/mol. The number of rotatable bonds is 1. The zero-order valence-corrected chi connectivity index (χ0v) is 7.75. The Bertz CT molecular complexity index is 421. The van der Waals surface area contributed by atoms with E-state index in [9.17, 15) is 4.21 Å². The summed E-state index contributed by atoms with van der Waals surface area (Å²) in [4.78, 5) is 0.790. The fraction of sp³-hybridized carbons (Fsp3) is 0. The molecule has 0 aromatic heterocycles. The van der Waals surface area contributed by atoms with E-state index < -0.39 is 10.8 Å². The van der Waals surface area contributed by atoms with E-state index in [-0.39, 0.29) is 0 Å². The molecule has 1 aromatic rings. The summed E-state index contributed by atoms with van der Waals surface area (Å²) in [5.74, 6) is 0. The molecular formula is C10H9NOS. The number of hydrogen-bond acceptors (Lipinski definition) is 2. The van der Waals surface area contributed by atoms with Crippen LogP contribution in [0.2, 0.25) is 0 Å². The van der Waals surface area contributed by atoms with Crippen molar-refractivity contribution >= 4 is 21.4 Å². The summed E-state index contributed by atoms with van der Waals surface area (Å²) >= 11 is 0. The highest BCUT2D eigenvalue weighted by atomic mass is 32.2. The molecule has 0 radical (unpaired) electrons. The fourth-order valence-electron chi connectivity index (χ4n) is 1.26. The van der Waals surface area contributed by atoms with E-state index >= 15 is 0 Å². The Balaban J connectivity index is 2.48. The van der Waals surface area contributed by atoms with Crippen LogP contribution in [0.3, 0.4) is 0 Å². The second-order valence-electron chi connectivity index (χ2n) is 2.74. The van der Waals surface area contributed by atoms with Crippen LogP contribution in [0.1, 0.15) is 5.56 Å². The van der Waals surface area contributed by atoms with Gasteiger partial charge in [-0.1, -0.05) is 24.3 Å². The first-order valence-corrected chi connectivity index (χ1v) is 5.14. The van der Waals surface area contributed by atoms with Gasteiger partial charge in [0.25, 0.3) is 0 Å². The van der Waals surface area contributed by atoms with Gasteiger partial charge in [0.15, 0.2) is 0 Å². The summed E-state index contributed by atoms with van der Waals surface area (Å²) in [6, 6.07) is 7.45. The lowest BCUT2D eigenvalue weighted by Crippen LogP contribution is -1.94. The minimum absolute atomic E-state index is 0.672. The van der Waals surface area contributed by atoms with E-state index in [0.29, 0.717) is 5.69 Å². The van der Waals surface area contributed by atoms with E-state index in [2.05, 4.69) is 0 Å². The van der Waals surface area contributed by atoms with Crippen LogP contribution < -0.4 is 5.73 Å². The molecule has 2 nitrogen and oxygen atoms in total. The molecule has 0 saturated heterocycles. The average molecular weight is 191 g/mol. The molecule has 0 bridgehead atoms. The molecule has 3 heteroatoms. The third-order valence-corrected chi connectivity index (χ3v) is 3.09. The molecule has 1 aromatic carbocycles. The molecule has 66 valence electrons. The maximum Gasteiger partial charge on any atom is 0.0782 e. The van der Waals surface area contributed by atoms with Crippen LogP contribution in [0.4, 0.5) is 5.69 Å². The van der Waals surface area contributed by atoms with Crippen molar-refractivity contribution in [3.05, 3.63) is 47.4 Å². The summed E-state index contributed by atoms with van der Waals surface area (Å²) in [6.45, 7) is 0. The third kappa shape index (κ3) is 1.42. The highest BCUT2D eigenvalue weighted by Crippen LogP contribution is 2.27. The Hall–Kier alpha value is -1.35. The molecule has 13 heavy (non-hydrogen) atoms. The van der Waals surface area contributed by atoms with Crippen LogP contribution in [-0.4, -0.2) is 4.21 Å². The first-order chi connectivity index (χ1) is 6.29. The number of hydrogen-bond donors (Lipinski definition) is 1. The molecular weight excluding hydrogens is 182 g/mol. The lowest BCUT2D eigenvalue weighted by molar-refractivity contribution is 0.694. The molecule has 2 N–H and O–H groups in total. The first kappa shape index (κ1) is 8.26. The minimum Gasteiger partial charge on any atom is -0.398 e. The van der Waals surface area contributed by atoms with Crippen molar-refractivity contribution in [2.75, 3.05) is 5.73 Å². The Morgan fingerprint density at radius 1 is 1.23 bits per heavy atom. The molecule has 1 aliphatic heterocycles. The van der Waals surface area contributed by atoms with E-state index in [1.54, 1.807) is 11.5 Å². The number of benzene rings is 1.